The number of hydrogen-bond donors (Lipinski definition) is 0. The highest BCUT2D eigenvalue weighted by atomic mass is 32.2. The fourth-order valence-electron chi connectivity index (χ4n) is 1.81. The summed E-state index contributed by atoms with van der Waals surface area (Å²) in [5.74, 6) is 0.234. The normalized spacial score (nSPS) is 28.5. The Balaban J connectivity index is 2.13. The van der Waals surface area contributed by atoms with E-state index in [0.717, 1.165) is 17.7 Å². The molecule has 1 saturated carbocycles. The van der Waals surface area contributed by atoms with E-state index in [1.807, 2.05) is 6.07 Å². The molecule has 1 aromatic carbocycles. The van der Waals surface area contributed by atoms with E-state index in [1.165, 1.54) is 23.9 Å². The molecule has 0 aliphatic heterocycles. The lowest BCUT2D eigenvalue weighted by atomic mass is 10.3. The SMILES string of the molecule is CCC1CC1(C#N)Sc1cccc(F)c1. The average molecular weight is 221 g/mol. The molecule has 2 atom stereocenters. The van der Waals surface area contributed by atoms with Crippen molar-refractivity contribution in [3.05, 3.63) is 30.1 Å². The van der Waals surface area contributed by atoms with Crippen LogP contribution in [0.3, 0.4) is 0 Å². The van der Waals surface area contributed by atoms with E-state index in [0.29, 0.717) is 5.92 Å². The molecule has 1 fully saturated rings. The van der Waals surface area contributed by atoms with E-state index >= 15 is 0 Å². The molecular formula is C12H12FNS. The van der Waals surface area contributed by atoms with Crippen LogP contribution in [-0.4, -0.2) is 4.75 Å². The van der Waals surface area contributed by atoms with Crippen LogP contribution in [-0.2, 0) is 0 Å². The molecule has 0 bridgehead atoms. The molecule has 1 aromatic rings. The third-order valence-corrected chi connectivity index (χ3v) is 4.27. The molecule has 78 valence electrons. The van der Waals surface area contributed by atoms with Crippen LogP contribution in [0.1, 0.15) is 19.8 Å². The van der Waals surface area contributed by atoms with Crippen LogP contribution in [0.5, 0.6) is 0 Å². The van der Waals surface area contributed by atoms with Crippen molar-refractivity contribution in [1.82, 2.24) is 0 Å². The van der Waals surface area contributed by atoms with Gasteiger partial charge in [-0.05, 0) is 30.5 Å². The highest BCUT2D eigenvalue weighted by molar-refractivity contribution is 8.01. The Bertz CT molecular complexity index is 412. The lowest BCUT2D eigenvalue weighted by Gasteiger charge is -2.07. The Kier molecular flexibility index (Phi) is 2.70. The van der Waals surface area contributed by atoms with Crippen LogP contribution in [0.2, 0.25) is 0 Å². The van der Waals surface area contributed by atoms with Crippen LogP contribution < -0.4 is 0 Å². The van der Waals surface area contributed by atoms with Crippen molar-refractivity contribution in [2.45, 2.75) is 29.4 Å². The molecule has 0 amide bonds. The van der Waals surface area contributed by atoms with Gasteiger partial charge in [-0.2, -0.15) is 5.26 Å². The van der Waals surface area contributed by atoms with Gasteiger partial charge in [0.05, 0.1) is 6.07 Å². The van der Waals surface area contributed by atoms with Crippen LogP contribution in [0.25, 0.3) is 0 Å². The zero-order chi connectivity index (χ0) is 10.9. The summed E-state index contributed by atoms with van der Waals surface area (Å²) in [6.45, 7) is 2.09. The van der Waals surface area contributed by atoms with Gasteiger partial charge in [0.25, 0.3) is 0 Å². The first-order valence-corrected chi connectivity index (χ1v) is 5.87. The number of nitrogens with zero attached hydrogens (tertiary/aromatic N) is 1. The maximum atomic E-state index is 12.9. The number of hydrogen-bond acceptors (Lipinski definition) is 2. The fraction of sp³-hybridized carbons (Fsp3) is 0.417. The van der Waals surface area contributed by atoms with Crippen molar-refractivity contribution < 1.29 is 4.39 Å². The van der Waals surface area contributed by atoms with E-state index in [-0.39, 0.29) is 10.6 Å². The van der Waals surface area contributed by atoms with E-state index in [9.17, 15) is 4.39 Å². The molecule has 1 aliphatic carbocycles. The van der Waals surface area contributed by atoms with Crippen molar-refractivity contribution in [3.63, 3.8) is 0 Å². The minimum Gasteiger partial charge on any atom is -0.207 e. The molecule has 0 heterocycles. The van der Waals surface area contributed by atoms with Gasteiger partial charge >= 0.3 is 0 Å². The van der Waals surface area contributed by atoms with Crippen molar-refractivity contribution in [1.29, 1.82) is 5.26 Å². The summed E-state index contributed by atoms with van der Waals surface area (Å²) in [5, 5.41) is 9.12. The Morgan fingerprint density at radius 1 is 1.67 bits per heavy atom. The summed E-state index contributed by atoms with van der Waals surface area (Å²) in [7, 11) is 0. The molecule has 1 aliphatic rings. The van der Waals surface area contributed by atoms with Crippen molar-refractivity contribution in [2.75, 3.05) is 0 Å². The third-order valence-electron chi connectivity index (χ3n) is 2.83. The predicted octanol–water partition coefficient (Wildman–Crippen LogP) is 3.61. The van der Waals surface area contributed by atoms with E-state index in [4.69, 9.17) is 5.26 Å². The molecule has 2 unspecified atom stereocenters. The quantitative estimate of drug-likeness (QED) is 0.778. The van der Waals surface area contributed by atoms with E-state index < -0.39 is 0 Å². The molecule has 15 heavy (non-hydrogen) atoms. The molecular weight excluding hydrogens is 209 g/mol. The van der Waals surface area contributed by atoms with Crippen LogP contribution in [0.15, 0.2) is 29.2 Å². The van der Waals surface area contributed by atoms with Gasteiger partial charge in [-0.1, -0.05) is 19.4 Å². The molecule has 0 saturated heterocycles. The van der Waals surface area contributed by atoms with Crippen molar-refractivity contribution in [2.24, 2.45) is 5.92 Å². The summed E-state index contributed by atoms with van der Waals surface area (Å²) >= 11 is 1.50. The maximum Gasteiger partial charge on any atom is 0.124 e. The molecule has 1 nitrogen and oxygen atoms in total. The molecule has 0 spiro atoms. The maximum absolute atomic E-state index is 12.9. The van der Waals surface area contributed by atoms with Crippen molar-refractivity contribution in [3.8, 4) is 6.07 Å². The molecule has 0 radical (unpaired) electrons. The van der Waals surface area contributed by atoms with Crippen LogP contribution >= 0.6 is 11.8 Å². The Labute approximate surface area is 93.3 Å². The van der Waals surface area contributed by atoms with Gasteiger partial charge in [-0.25, -0.2) is 4.39 Å². The minimum atomic E-state index is -0.289. The number of rotatable bonds is 3. The van der Waals surface area contributed by atoms with Gasteiger partial charge in [-0.15, -0.1) is 11.8 Å². The smallest absolute Gasteiger partial charge is 0.124 e. The lowest BCUT2D eigenvalue weighted by Crippen LogP contribution is -2.02. The van der Waals surface area contributed by atoms with Crippen LogP contribution in [0.4, 0.5) is 4.39 Å². The standard InChI is InChI=1S/C12H12FNS/c1-2-9-7-12(9,8-14)15-11-5-3-4-10(13)6-11/h3-6,9H,2,7H2,1H3. The van der Waals surface area contributed by atoms with Gasteiger partial charge in [0.1, 0.15) is 10.6 Å². The lowest BCUT2D eigenvalue weighted by molar-refractivity contribution is 0.624. The van der Waals surface area contributed by atoms with Crippen molar-refractivity contribution >= 4 is 11.8 Å². The predicted molar refractivity (Wildman–Crippen MR) is 59.0 cm³/mol. The van der Waals surface area contributed by atoms with Gasteiger partial charge in [0.2, 0.25) is 0 Å². The topological polar surface area (TPSA) is 23.8 Å². The number of halogens is 1. The highest BCUT2D eigenvalue weighted by Crippen LogP contribution is 2.57. The molecule has 0 aromatic heterocycles. The largest absolute Gasteiger partial charge is 0.207 e. The number of thioether (sulfide) groups is 1. The first-order chi connectivity index (χ1) is 7.20. The van der Waals surface area contributed by atoms with E-state index in [2.05, 4.69) is 13.0 Å². The zero-order valence-corrected chi connectivity index (χ0v) is 9.35. The number of nitriles is 1. The summed E-state index contributed by atoms with van der Waals surface area (Å²) in [5.41, 5.74) is 0. The van der Waals surface area contributed by atoms with Gasteiger partial charge < -0.3 is 0 Å². The first-order valence-electron chi connectivity index (χ1n) is 5.06. The fourth-order valence-corrected chi connectivity index (χ4v) is 3.21. The second kappa shape index (κ2) is 3.86. The second-order valence-electron chi connectivity index (χ2n) is 3.87. The van der Waals surface area contributed by atoms with Crippen LogP contribution in [0, 0.1) is 23.1 Å². The Hall–Kier alpha value is -1.01. The second-order valence-corrected chi connectivity index (χ2v) is 5.27. The monoisotopic (exact) mass is 221 g/mol. The van der Waals surface area contributed by atoms with Gasteiger partial charge in [0.15, 0.2) is 0 Å². The summed E-state index contributed by atoms with van der Waals surface area (Å²) < 4.78 is 12.7. The van der Waals surface area contributed by atoms with E-state index in [1.54, 1.807) is 6.07 Å². The molecule has 2 rings (SSSR count). The summed E-state index contributed by atoms with van der Waals surface area (Å²) in [4.78, 5) is 0.854. The average Bonchev–Trinajstić information content (AvgIpc) is 2.92. The van der Waals surface area contributed by atoms with Gasteiger partial charge in [0, 0.05) is 4.90 Å². The Morgan fingerprint density at radius 2 is 2.47 bits per heavy atom. The molecule has 3 heteroatoms. The molecule has 0 N–H and O–H groups in total. The zero-order valence-electron chi connectivity index (χ0n) is 8.53. The minimum absolute atomic E-state index is 0.234. The summed E-state index contributed by atoms with van der Waals surface area (Å²) in [6.07, 6.45) is 1.96. The first kappa shape index (κ1) is 10.5. The number of benzene rings is 1. The third kappa shape index (κ3) is 2.00. The van der Waals surface area contributed by atoms with Gasteiger partial charge in [-0.3, -0.25) is 0 Å². The summed E-state index contributed by atoms with van der Waals surface area (Å²) in [6, 6.07) is 8.83. The highest BCUT2D eigenvalue weighted by Gasteiger charge is 2.54. The Morgan fingerprint density at radius 3 is 3.00 bits per heavy atom.